The van der Waals surface area contributed by atoms with Crippen LogP contribution in [0.25, 0.3) is 11.3 Å². The molecule has 0 saturated carbocycles. The minimum Gasteiger partial charge on any atom is -0.465 e. The van der Waals surface area contributed by atoms with Crippen LogP contribution in [0.5, 0.6) is 0 Å². The zero-order valence-electron chi connectivity index (χ0n) is 13.2. The number of aromatic nitrogens is 3. The quantitative estimate of drug-likeness (QED) is 0.677. The Balaban J connectivity index is 2.07. The number of carbonyl (C=O) groups is 2. The number of anilines is 1. The van der Waals surface area contributed by atoms with Crippen molar-refractivity contribution in [3.8, 4) is 11.3 Å². The van der Waals surface area contributed by atoms with E-state index in [0.717, 1.165) is 0 Å². The van der Waals surface area contributed by atoms with Crippen molar-refractivity contribution in [2.24, 2.45) is 0 Å². The zero-order chi connectivity index (χ0) is 18.7. The van der Waals surface area contributed by atoms with Crippen molar-refractivity contribution in [1.29, 1.82) is 0 Å². The highest BCUT2D eigenvalue weighted by Gasteiger charge is 2.29. The van der Waals surface area contributed by atoms with Gasteiger partial charge in [-0.25, -0.2) is 9.78 Å². The highest BCUT2D eigenvalue weighted by molar-refractivity contribution is 6.39. The maximum absolute atomic E-state index is 12.3. The van der Waals surface area contributed by atoms with Gasteiger partial charge < -0.3 is 9.26 Å². The summed E-state index contributed by atoms with van der Waals surface area (Å²) >= 11 is 12.3. The summed E-state index contributed by atoms with van der Waals surface area (Å²) in [5, 5.41) is 6.75. The summed E-state index contributed by atoms with van der Waals surface area (Å²) in [6.07, 6.45) is 4.03. The van der Waals surface area contributed by atoms with E-state index in [1.807, 2.05) is 0 Å². The van der Waals surface area contributed by atoms with Gasteiger partial charge in [0.1, 0.15) is 11.4 Å². The molecule has 1 aromatic carbocycles. The lowest BCUT2D eigenvalue weighted by Gasteiger charge is -2.06. The van der Waals surface area contributed by atoms with Gasteiger partial charge in [0.15, 0.2) is 5.56 Å². The number of hydrogen-bond acceptors (Lipinski definition) is 7. The molecule has 3 rings (SSSR count). The van der Waals surface area contributed by atoms with Gasteiger partial charge in [0.25, 0.3) is 5.91 Å². The molecule has 1 N–H and O–H groups in total. The van der Waals surface area contributed by atoms with E-state index in [4.69, 9.17) is 32.5 Å². The number of rotatable bonds is 4. The van der Waals surface area contributed by atoms with Gasteiger partial charge >= 0.3 is 5.97 Å². The third-order valence-electron chi connectivity index (χ3n) is 3.30. The van der Waals surface area contributed by atoms with Crippen molar-refractivity contribution < 1.29 is 18.8 Å². The highest BCUT2D eigenvalue weighted by atomic mass is 35.5. The second kappa shape index (κ2) is 7.51. The Morgan fingerprint density at radius 3 is 2.54 bits per heavy atom. The molecule has 0 spiro atoms. The van der Waals surface area contributed by atoms with Crippen molar-refractivity contribution in [3.63, 3.8) is 0 Å². The number of nitrogens with one attached hydrogen (secondary N) is 1. The minimum atomic E-state index is -0.785. The second-order valence-corrected chi connectivity index (χ2v) is 5.68. The van der Waals surface area contributed by atoms with E-state index in [2.05, 4.69) is 20.4 Å². The van der Waals surface area contributed by atoms with E-state index in [-0.39, 0.29) is 38.4 Å². The Kier molecular flexibility index (Phi) is 5.15. The van der Waals surface area contributed by atoms with Crippen LogP contribution in [0, 0.1) is 0 Å². The fourth-order valence-electron chi connectivity index (χ4n) is 2.15. The van der Waals surface area contributed by atoms with Crippen LogP contribution in [0.1, 0.15) is 20.8 Å². The van der Waals surface area contributed by atoms with Crippen LogP contribution in [0.4, 0.5) is 5.88 Å². The first-order valence-corrected chi connectivity index (χ1v) is 7.88. The molecule has 0 fully saturated rings. The van der Waals surface area contributed by atoms with Gasteiger partial charge in [-0.15, -0.1) is 0 Å². The SMILES string of the molecule is COC(=O)c1c(-c2c(Cl)cccc2Cl)noc1NC(=O)c1cnccn1. The van der Waals surface area contributed by atoms with Gasteiger partial charge in [0.2, 0.25) is 5.88 Å². The van der Waals surface area contributed by atoms with Crippen LogP contribution in [-0.4, -0.2) is 34.1 Å². The predicted octanol–water partition coefficient (Wildman–Crippen LogP) is 3.48. The van der Waals surface area contributed by atoms with Gasteiger partial charge in [0.05, 0.1) is 23.4 Å². The molecule has 0 aliphatic carbocycles. The van der Waals surface area contributed by atoms with E-state index >= 15 is 0 Å². The van der Waals surface area contributed by atoms with Crippen molar-refractivity contribution >= 4 is 41.0 Å². The maximum atomic E-state index is 12.3. The molecular formula is C16H10Cl2N4O4. The van der Waals surface area contributed by atoms with Crippen LogP contribution < -0.4 is 5.32 Å². The molecule has 0 atom stereocenters. The molecule has 8 nitrogen and oxygen atoms in total. The number of nitrogens with zero attached hydrogens (tertiary/aromatic N) is 3. The summed E-state index contributed by atoms with van der Waals surface area (Å²) in [7, 11) is 1.18. The van der Waals surface area contributed by atoms with E-state index in [0.29, 0.717) is 0 Å². The Hall–Kier alpha value is -2.97. The fraction of sp³-hybridized carbons (Fsp3) is 0.0625. The first-order chi connectivity index (χ1) is 12.5. The smallest absolute Gasteiger partial charge is 0.345 e. The maximum Gasteiger partial charge on any atom is 0.345 e. The Morgan fingerprint density at radius 2 is 1.92 bits per heavy atom. The molecule has 3 aromatic rings. The molecular weight excluding hydrogens is 383 g/mol. The van der Waals surface area contributed by atoms with Crippen LogP contribution in [0.15, 0.2) is 41.3 Å². The van der Waals surface area contributed by atoms with E-state index in [1.54, 1.807) is 18.2 Å². The van der Waals surface area contributed by atoms with Crippen molar-refractivity contribution in [2.75, 3.05) is 12.4 Å². The van der Waals surface area contributed by atoms with Crippen LogP contribution in [-0.2, 0) is 4.74 Å². The average molecular weight is 393 g/mol. The lowest BCUT2D eigenvalue weighted by molar-refractivity contribution is 0.0602. The molecule has 1 amide bonds. The van der Waals surface area contributed by atoms with Gasteiger partial charge in [0, 0.05) is 18.0 Å². The van der Waals surface area contributed by atoms with Gasteiger partial charge in [-0.05, 0) is 12.1 Å². The number of amides is 1. The molecule has 0 radical (unpaired) electrons. The molecule has 0 aliphatic rings. The van der Waals surface area contributed by atoms with Crippen molar-refractivity contribution in [1.82, 2.24) is 15.1 Å². The number of carbonyl (C=O) groups excluding carboxylic acids is 2. The number of halogens is 2. The second-order valence-electron chi connectivity index (χ2n) is 4.87. The summed E-state index contributed by atoms with van der Waals surface area (Å²) in [5.74, 6) is -1.65. The molecule has 2 aromatic heterocycles. The Morgan fingerprint density at radius 1 is 1.19 bits per heavy atom. The normalized spacial score (nSPS) is 10.4. The first-order valence-electron chi connectivity index (χ1n) is 7.12. The number of ether oxygens (including phenoxy) is 1. The van der Waals surface area contributed by atoms with Gasteiger partial charge in [-0.1, -0.05) is 34.4 Å². The Labute approximate surface area is 157 Å². The summed E-state index contributed by atoms with van der Waals surface area (Å²) in [5.41, 5.74) is 0.221. The fourth-order valence-corrected chi connectivity index (χ4v) is 2.72. The number of hydrogen-bond donors (Lipinski definition) is 1. The van der Waals surface area contributed by atoms with E-state index < -0.39 is 11.9 Å². The Bertz CT molecular complexity index is 955. The molecule has 132 valence electrons. The van der Waals surface area contributed by atoms with Crippen LogP contribution in [0.3, 0.4) is 0 Å². The van der Waals surface area contributed by atoms with Crippen molar-refractivity contribution in [3.05, 3.63) is 58.1 Å². The van der Waals surface area contributed by atoms with Gasteiger partial charge in [-0.3, -0.25) is 15.1 Å². The van der Waals surface area contributed by atoms with Crippen LogP contribution in [0.2, 0.25) is 10.0 Å². The van der Waals surface area contributed by atoms with E-state index in [1.165, 1.54) is 25.7 Å². The summed E-state index contributed by atoms with van der Waals surface area (Å²) in [6.45, 7) is 0. The van der Waals surface area contributed by atoms with Gasteiger partial charge in [-0.2, -0.15) is 0 Å². The molecule has 0 unspecified atom stereocenters. The monoisotopic (exact) mass is 392 g/mol. The summed E-state index contributed by atoms with van der Waals surface area (Å²) in [4.78, 5) is 32.2. The number of methoxy groups -OCH3 is 1. The molecule has 10 heteroatoms. The standard InChI is InChI=1S/C16H10Cl2N4O4/c1-25-16(24)12-13(11-8(17)3-2-4-9(11)18)22-26-15(12)21-14(23)10-7-19-5-6-20-10/h2-7H,1H3,(H,21,23). The lowest BCUT2D eigenvalue weighted by atomic mass is 10.1. The topological polar surface area (TPSA) is 107 Å². The average Bonchev–Trinajstić information content (AvgIpc) is 3.04. The minimum absolute atomic E-state index is 0.0250. The van der Waals surface area contributed by atoms with Crippen molar-refractivity contribution in [2.45, 2.75) is 0 Å². The highest BCUT2D eigenvalue weighted by Crippen LogP contribution is 2.38. The molecule has 0 bridgehead atoms. The molecule has 2 heterocycles. The third-order valence-corrected chi connectivity index (χ3v) is 3.93. The molecule has 0 saturated heterocycles. The largest absolute Gasteiger partial charge is 0.465 e. The first kappa shape index (κ1) is 17.8. The third kappa shape index (κ3) is 3.37. The lowest BCUT2D eigenvalue weighted by Crippen LogP contribution is -2.16. The summed E-state index contributed by atoms with van der Waals surface area (Å²) < 4.78 is 9.89. The van der Waals surface area contributed by atoms with E-state index in [9.17, 15) is 9.59 Å². The van der Waals surface area contributed by atoms with Crippen LogP contribution >= 0.6 is 23.2 Å². The molecule has 26 heavy (non-hydrogen) atoms. The number of esters is 1. The summed E-state index contributed by atoms with van der Waals surface area (Å²) in [6, 6.07) is 4.80. The molecule has 0 aliphatic heterocycles. The number of benzene rings is 1. The predicted molar refractivity (Wildman–Crippen MR) is 93.3 cm³/mol. The zero-order valence-corrected chi connectivity index (χ0v) is 14.7.